The third kappa shape index (κ3) is 2.85. The summed E-state index contributed by atoms with van der Waals surface area (Å²) in [5, 5.41) is 5.53. The zero-order valence-electron chi connectivity index (χ0n) is 10.2. The molecule has 1 unspecified atom stereocenters. The number of fused-ring (bicyclic) bond motifs is 1. The minimum absolute atomic E-state index is 0.284. The molecule has 2 nitrogen and oxygen atoms in total. The van der Waals surface area contributed by atoms with Gasteiger partial charge in [0.1, 0.15) is 0 Å². The van der Waals surface area contributed by atoms with Crippen LogP contribution in [0.2, 0.25) is 0 Å². The maximum atomic E-state index is 4.47. The van der Waals surface area contributed by atoms with Crippen molar-refractivity contribution in [3.05, 3.63) is 29.3 Å². The molecule has 1 atom stereocenters. The van der Waals surface area contributed by atoms with E-state index in [9.17, 15) is 0 Å². The summed E-state index contributed by atoms with van der Waals surface area (Å²) in [6.07, 6.45) is 2.79. The second-order valence-corrected chi connectivity index (χ2v) is 4.76. The Bertz CT molecular complexity index is 548. The highest BCUT2D eigenvalue weighted by Gasteiger charge is 2.10. The van der Waals surface area contributed by atoms with E-state index in [1.165, 1.54) is 10.3 Å². The molecule has 0 bridgehead atoms. The zero-order chi connectivity index (χ0) is 12.1. The number of nitrogens with zero attached hydrogens (tertiary/aromatic N) is 1. The quantitative estimate of drug-likeness (QED) is 0.834. The Balaban J connectivity index is 2.28. The lowest BCUT2D eigenvalue weighted by Crippen LogP contribution is -2.20. The summed E-state index contributed by atoms with van der Waals surface area (Å²) >= 11 is 1.73. The van der Waals surface area contributed by atoms with Crippen LogP contribution in [0.3, 0.4) is 0 Å². The Morgan fingerprint density at radius 3 is 3.18 bits per heavy atom. The number of thiophene rings is 1. The molecule has 2 aromatic heterocycles. The monoisotopic (exact) mass is 244 g/mol. The van der Waals surface area contributed by atoms with Crippen LogP contribution in [0.1, 0.15) is 31.9 Å². The van der Waals surface area contributed by atoms with E-state index in [1.54, 1.807) is 11.3 Å². The lowest BCUT2D eigenvalue weighted by molar-refractivity contribution is 0.564. The highest BCUT2D eigenvalue weighted by atomic mass is 32.1. The van der Waals surface area contributed by atoms with Crippen molar-refractivity contribution in [2.75, 3.05) is 6.54 Å². The van der Waals surface area contributed by atoms with Crippen LogP contribution in [0.25, 0.3) is 10.2 Å². The van der Waals surface area contributed by atoms with Gasteiger partial charge >= 0.3 is 0 Å². The molecule has 0 saturated heterocycles. The first-order valence-corrected chi connectivity index (χ1v) is 6.69. The van der Waals surface area contributed by atoms with E-state index in [2.05, 4.69) is 46.6 Å². The van der Waals surface area contributed by atoms with Crippen LogP contribution in [0.5, 0.6) is 0 Å². The third-order valence-corrected chi connectivity index (χ3v) is 3.51. The van der Waals surface area contributed by atoms with Gasteiger partial charge in [0, 0.05) is 18.7 Å². The Morgan fingerprint density at radius 2 is 2.41 bits per heavy atom. The maximum absolute atomic E-state index is 4.47. The summed E-state index contributed by atoms with van der Waals surface area (Å²) in [5.74, 6) is 6.09. The molecule has 0 aromatic carbocycles. The minimum Gasteiger partial charge on any atom is -0.309 e. The number of hydrogen-bond acceptors (Lipinski definition) is 3. The number of aromatic nitrogens is 1. The fourth-order valence-corrected chi connectivity index (χ4v) is 2.60. The molecule has 0 saturated carbocycles. The normalized spacial score (nSPS) is 12.1. The zero-order valence-corrected chi connectivity index (χ0v) is 11.0. The van der Waals surface area contributed by atoms with Crippen molar-refractivity contribution in [3.63, 3.8) is 0 Å². The van der Waals surface area contributed by atoms with Crippen molar-refractivity contribution >= 4 is 21.6 Å². The predicted molar refractivity (Wildman–Crippen MR) is 74.1 cm³/mol. The van der Waals surface area contributed by atoms with Crippen LogP contribution < -0.4 is 5.32 Å². The SMILES string of the molecule is CC#CCC(NCC)c1cnc2ccsc2c1. The van der Waals surface area contributed by atoms with Gasteiger partial charge in [-0.25, -0.2) is 0 Å². The standard InChI is InChI=1S/C14H16N2S/c1-3-5-6-12(15-4-2)11-9-14-13(16-10-11)7-8-17-14/h7-10,12,15H,4,6H2,1-2H3. The molecule has 3 heteroatoms. The summed E-state index contributed by atoms with van der Waals surface area (Å²) in [6, 6.07) is 4.56. The van der Waals surface area contributed by atoms with Gasteiger partial charge in [0.15, 0.2) is 0 Å². The van der Waals surface area contributed by atoms with Crippen LogP contribution in [0.15, 0.2) is 23.7 Å². The van der Waals surface area contributed by atoms with E-state index < -0.39 is 0 Å². The summed E-state index contributed by atoms with van der Waals surface area (Å²) in [4.78, 5) is 4.47. The molecule has 2 heterocycles. The second kappa shape index (κ2) is 5.81. The van der Waals surface area contributed by atoms with E-state index in [-0.39, 0.29) is 6.04 Å². The number of rotatable bonds is 4. The van der Waals surface area contributed by atoms with Crippen LogP contribution in [0, 0.1) is 11.8 Å². The van der Waals surface area contributed by atoms with Crippen LogP contribution >= 0.6 is 11.3 Å². The van der Waals surface area contributed by atoms with Gasteiger partial charge in [-0.05, 0) is 36.5 Å². The number of nitrogens with one attached hydrogen (secondary N) is 1. The van der Waals surface area contributed by atoms with Crippen molar-refractivity contribution in [2.45, 2.75) is 26.3 Å². The third-order valence-electron chi connectivity index (χ3n) is 2.66. The van der Waals surface area contributed by atoms with Gasteiger partial charge in [-0.1, -0.05) is 6.92 Å². The molecule has 0 aliphatic carbocycles. The molecule has 17 heavy (non-hydrogen) atoms. The van der Waals surface area contributed by atoms with Gasteiger partial charge in [-0.3, -0.25) is 4.98 Å². The van der Waals surface area contributed by atoms with Crippen molar-refractivity contribution in [2.24, 2.45) is 0 Å². The number of pyridine rings is 1. The highest BCUT2D eigenvalue weighted by molar-refractivity contribution is 7.17. The van der Waals surface area contributed by atoms with Gasteiger partial charge in [-0.2, -0.15) is 0 Å². The molecule has 0 aliphatic heterocycles. The van der Waals surface area contributed by atoms with E-state index in [4.69, 9.17) is 0 Å². The molecule has 0 spiro atoms. The average Bonchev–Trinajstić information content (AvgIpc) is 2.81. The molecule has 2 aromatic rings. The Hall–Kier alpha value is -1.37. The van der Waals surface area contributed by atoms with Gasteiger partial charge in [-0.15, -0.1) is 23.2 Å². The van der Waals surface area contributed by atoms with E-state index in [0.717, 1.165) is 18.5 Å². The van der Waals surface area contributed by atoms with Crippen molar-refractivity contribution in [1.82, 2.24) is 10.3 Å². The first kappa shape index (κ1) is 12.1. The molecule has 0 radical (unpaired) electrons. The topological polar surface area (TPSA) is 24.9 Å². The highest BCUT2D eigenvalue weighted by Crippen LogP contribution is 2.24. The van der Waals surface area contributed by atoms with Crippen LogP contribution in [-0.4, -0.2) is 11.5 Å². The average molecular weight is 244 g/mol. The molecule has 0 amide bonds. The second-order valence-electron chi connectivity index (χ2n) is 3.81. The molecular weight excluding hydrogens is 228 g/mol. The van der Waals surface area contributed by atoms with Crippen molar-refractivity contribution < 1.29 is 0 Å². The lowest BCUT2D eigenvalue weighted by atomic mass is 10.1. The first-order valence-electron chi connectivity index (χ1n) is 5.81. The molecule has 1 N–H and O–H groups in total. The van der Waals surface area contributed by atoms with Gasteiger partial charge in [0.2, 0.25) is 0 Å². The predicted octanol–water partition coefficient (Wildman–Crippen LogP) is 3.36. The Labute approximate surface area is 106 Å². The molecule has 0 fully saturated rings. The van der Waals surface area contributed by atoms with Gasteiger partial charge < -0.3 is 5.32 Å². The summed E-state index contributed by atoms with van der Waals surface area (Å²) in [7, 11) is 0. The Kier molecular flexibility index (Phi) is 4.13. The fourth-order valence-electron chi connectivity index (χ4n) is 1.81. The number of hydrogen-bond donors (Lipinski definition) is 1. The first-order chi connectivity index (χ1) is 8.35. The molecule has 88 valence electrons. The smallest absolute Gasteiger partial charge is 0.0809 e. The van der Waals surface area contributed by atoms with Crippen LogP contribution in [0.4, 0.5) is 0 Å². The lowest BCUT2D eigenvalue weighted by Gasteiger charge is -2.15. The summed E-state index contributed by atoms with van der Waals surface area (Å²) in [6.45, 7) is 4.94. The van der Waals surface area contributed by atoms with Gasteiger partial charge in [0.05, 0.1) is 10.2 Å². The summed E-state index contributed by atoms with van der Waals surface area (Å²) < 4.78 is 1.25. The van der Waals surface area contributed by atoms with E-state index in [0.29, 0.717) is 0 Å². The molecule has 0 aliphatic rings. The van der Waals surface area contributed by atoms with E-state index in [1.807, 2.05) is 13.1 Å². The van der Waals surface area contributed by atoms with Crippen molar-refractivity contribution in [3.8, 4) is 11.8 Å². The fraction of sp³-hybridized carbons (Fsp3) is 0.357. The van der Waals surface area contributed by atoms with Gasteiger partial charge in [0.25, 0.3) is 0 Å². The molecule has 2 rings (SSSR count). The largest absolute Gasteiger partial charge is 0.309 e. The summed E-state index contributed by atoms with van der Waals surface area (Å²) in [5.41, 5.74) is 2.31. The van der Waals surface area contributed by atoms with E-state index >= 15 is 0 Å². The Morgan fingerprint density at radius 1 is 1.53 bits per heavy atom. The van der Waals surface area contributed by atoms with Crippen LogP contribution in [-0.2, 0) is 0 Å². The maximum Gasteiger partial charge on any atom is 0.0809 e. The molecular formula is C14H16N2S. The minimum atomic E-state index is 0.284. The van der Waals surface area contributed by atoms with Crippen molar-refractivity contribution in [1.29, 1.82) is 0 Å².